The molecule has 1 aromatic heterocycles. The van der Waals surface area contributed by atoms with Crippen molar-refractivity contribution in [1.82, 2.24) is 5.43 Å². The van der Waals surface area contributed by atoms with Gasteiger partial charge in [-0.15, -0.1) is 11.3 Å². The SMILES string of the molecule is CCOC(=O)COc1ccc(Br)cc1/C=N\NC(=O)c1cccs1. The van der Waals surface area contributed by atoms with Gasteiger partial charge in [-0.05, 0) is 36.6 Å². The molecule has 0 aliphatic carbocycles. The molecule has 126 valence electrons. The number of nitrogens with zero attached hydrogens (tertiary/aromatic N) is 1. The Morgan fingerprint density at radius 2 is 2.21 bits per heavy atom. The molecule has 1 N–H and O–H groups in total. The summed E-state index contributed by atoms with van der Waals surface area (Å²) in [6, 6.07) is 8.75. The molecule has 1 amide bonds. The topological polar surface area (TPSA) is 77.0 Å². The summed E-state index contributed by atoms with van der Waals surface area (Å²) in [5.74, 6) is -0.278. The predicted molar refractivity (Wildman–Crippen MR) is 95.6 cm³/mol. The standard InChI is InChI=1S/C16H15BrN2O4S/c1-2-22-15(20)10-23-13-6-5-12(17)8-11(13)9-18-19-16(21)14-4-3-7-24-14/h3-9H,2,10H2,1H3,(H,19,21)/b18-9-. The number of benzene rings is 1. The number of halogens is 1. The molecule has 0 aliphatic rings. The number of hydrogen-bond donors (Lipinski definition) is 1. The van der Waals surface area contributed by atoms with Gasteiger partial charge < -0.3 is 9.47 Å². The third-order valence-corrected chi connectivity index (χ3v) is 4.10. The van der Waals surface area contributed by atoms with Crippen molar-refractivity contribution in [3.05, 3.63) is 50.6 Å². The normalized spacial score (nSPS) is 10.6. The second kappa shape index (κ2) is 9.19. The molecule has 2 rings (SSSR count). The summed E-state index contributed by atoms with van der Waals surface area (Å²) in [5.41, 5.74) is 3.06. The fraction of sp³-hybridized carbons (Fsp3) is 0.188. The highest BCUT2D eigenvalue weighted by Crippen LogP contribution is 2.22. The summed E-state index contributed by atoms with van der Waals surface area (Å²) >= 11 is 4.69. The quantitative estimate of drug-likeness (QED) is 0.431. The maximum absolute atomic E-state index is 11.8. The lowest BCUT2D eigenvalue weighted by Gasteiger charge is -2.09. The Bertz CT molecular complexity index is 732. The molecule has 0 radical (unpaired) electrons. The van der Waals surface area contributed by atoms with E-state index in [1.807, 2.05) is 5.38 Å². The van der Waals surface area contributed by atoms with Crippen molar-refractivity contribution in [3.8, 4) is 5.75 Å². The Labute approximate surface area is 151 Å². The van der Waals surface area contributed by atoms with Crippen molar-refractivity contribution in [1.29, 1.82) is 0 Å². The Balaban J connectivity index is 2.02. The van der Waals surface area contributed by atoms with Crippen LogP contribution in [0.25, 0.3) is 0 Å². The fourth-order valence-electron chi connectivity index (χ4n) is 1.71. The van der Waals surface area contributed by atoms with Gasteiger partial charge in [0.25, 0.3) is 5.91 Å². The summed E-state index contributed by atoms with van der Waals surface area (Å²) in [4.78, 5) is 23.8. The molecule has 2 aromatic rings. The minimum absolute atomic E-state index is 0.197. The third-order valence-electron chi connectivity index (χ3n) is 2.74. The van der Waals surface area contributed by atoms with Crippen molar-refractivity contribution < 1.29 is 19.1 Å². The van der Waals surface area contributed by atoms with Crippen LogP contribution in [-0.4, -0.2) is 31.3 Å². The van der Waals surface area contributed by atoms with Crippen LogP contribution < -0.4 is 10.2 Å². The number of esters is 1. The average molecular weight is 411 g/mol. The molecule has 0 bridgehead atoms. The number of carbonyl (C=O) groups excluding carboxylic acids is 2. The Morgan fingerprint density at radius 1 is 1.38 bits per heavy atom. The van der Waals surface area contributed by atoms with Crippen LogP contribution in [0.2, 0.25) is 0 Å². The zero-order valence-electron chi connectivity index (χ0n) is 12.8. The number of rotatable bonds is 7. The lowest BCUT2D eigenvalue weighted by atomic mass is 10.2. The lowest BCUT2D eigenvalue weighted by molar-refractivity contribution is -0.145. The highest BCUT2D eigenvalue weighted by molar-refractivity contribution is 9.10. The molecule has 1 aromatic carbocycles. The van der Waals surface area contributed by atoms with Crippen LogP contribution in [0.1, 0.15) is 22.2 Å². The minimum atomic E-state index is -0.450. The van der Waals surface area contributed by atoms with Gasteiger partial charge in [0, 0.05) is 10.0 Å². The zero-order valence-corrected chi connectivity index (χ0v) is 15.2. The molecule has 0 saturated heterocycles. The van der Waals surface area contributed by atoms with Gasteiger partial charge in [0.15, 0.2) is 6.61 Å². The van der Waals surface area contributed by atoms with Crippen molar-refractivity contribution in [2.24, 2.45) is 5.10 Å². The first-order valence-electron chi connectivity index (χ1n) is 7.05. The molecule has 0 aliphatic heterocycles. The molecule has 0 atom stereocenters. The van der Waals surface area contributed by atoms with E-state index in [0.717, 1.165) is 4.47 Å². The van der Waals surface area contributed by atoms with E-state index in [9.17, 15) is 9.59 Å². The second-order valence-corrected chi connectivity index (χ2v) is 6.32. The number of amides is 1. The summed E-state index contributed by atoms with van der Waals surface area (Å²) in [6.07, 6.45) is 1.46. The second-order valence-electron chi connectivity index (χ2n) is 4.45. The van der Waals surface area contributed by atoms with Gasteiger partial charge in [0.1, 0.15) is 5.75 Å². The Hall–Kier alpha value is -2.19. The van der Waals surface area contributed by atoms with Gasteiger partial charge in [-0.3, -0.25) is 4.79 Å². The van der Waals surface area contributed by atoms with Gasteiger partial charge in [0.2, 0.25) is 0 Å². The van der Waals surface area contributed by atoms with E-state index >= 15 is 0 Å². The molecule has 0 unspecified atom stereocenters. The first-order valence-corrected chi connectivity index (χ1v) is 8.72. The number of carbonyl (C=O) groups is 2. The van der Waals surface area contributed by atoms with Crippen LogP contribution >= 0.6 is 27.3 Å². The molecule has 1 heterocycles. The molecule has 8 heteroatoms. The van der Waals surface area contributed by atoms with E-state index in [1.54, 1.807) is 37.3 Å². The molecular formula is C16H15BrN2O4S. The summed E-state index contributed by atoms with van der Waals surface area (Å²) < 4.78 is 11.1. The van der Waals surface area contributed by atoms with E-state index in [2.05, 4.69) is 26.5 Å². The first-order chi connectivity index (χ1) is 11.6. The Morgan fingerprint density at radius 3 is 2.92 bits per heavy atom. The van der Waals surface area contributed by atoms with Crippen molar-refractivity contribution in [2.75, 3.05) is 13.2 Å². The van der Waals surface area contributed by atoms with Crippen LogP contribution in [0.4, 0.5) is 0 Å². The molecular weight excluding hydrogens is 396 g/mol. The number of thiophene rings is 1. The van der Waals surface area contributed by atoms with Gasteiger partial charge in [-0.25, -0.2) is 10.2 Å². The molecule has 0 saturated carbocycles. The van der Waals surface area contributed by atoms with Crippen molar-refractivity contribution in [2.45, 2.75) is 6.92 Å². The molecule has 0 fully saturated rings. The van der Waals surface area contributed by atoms with Crippen molar-refractivity contribution >= 4 is 45.4 Å². The van der Waals surface area contributed by atoms with Gasteiger partial charge >= 0.3 is 5.97 Å². The number of hydrogen-bond acceptors (Lipinski definition) is 6. The van der Waals surface area contributed by atoms with Crippen LogP contribution in [0.15, 0.2) is 45.3 Å². The molecule has 6 nitrogen and oxygen atoms in total. The molecule has 0 spiro atoms. The van der Waals surface area contributed by atoms with Crippen LogP contribution in [0, 0.1) is 0 Å². The minimum Gasteiger partial charge on any atom is -0.481 e. The van der Waals surface area contributed by atoms with Crippen LogP contribution in [0.3, 0.4) is 0 Å². The van der Waals surface area contributed by atoms with E-state index in [4.69, 9.17) is 9.47 Å². The first kappa shape index (κ1) is 18.2. The van der Waals surface area contributed by atoms with E-state index in [0.29, 0.717) is 22.8 Å². The average Bonchev–Trinajstić information content (AvgIpc) is 3.09. The van der Waals surface area contributed by atoms with Gasteiger partial charge in [-0.2, -0.15) is 5.10 Å². The van der Waals surface area contributed by atoms with E-state index in [-0.39, 0.29) is 12.5 Å². The van der Waals surface area contributed by atoms with E-state index < -0.39 is 5.97 Å². The van der Waals surface area contributed by atoms with Crippen LogP contribution in [0.5, 0.6) is 5.75 Å². The number of hydrazone groups is 1. The predicted octanol–water partition coefficient (Wildman–Crippen LogP) is 3.22. The smallest absolute Gasteiger partial charge is 0.344 e. The maximum atomic E-state index is 11.8. The molecule has 24 heavy (non-hydrogen) atoms. The summed E-state index contributed by atoms with van der Waals surface area (Å²) in [5, 5.41) is 5.74. The maximum Gasteiger partial charge on any atom is 0.344 e. The van der Waals surface area contributed by atoms with Gasteiger partial charge in [-0.1, -0.05) is 22.0 Å². The van der Waals surface area contributed by atoms with Gasteiger partial charge in [0.05, 0.1) is 17.7 Å². The fourth-order valence-corrected chi connectivity index (χ4v) is 2.71. The third kappa shape index (κ3) is 5.47. The van der Waals surface area contributed by atoms with Crippen LogP contribution in [-0.2, 0) is 9.53 Å². The highest BCUT2D eigenvalue weighted by Gasteiger charge is 2.08. The summed E-state index contributed by atoms with van der Waals surface area (Å²) in [7, 11) is 0. The summed E-state index contributed by atoms with van der Waals surface area (Å²) in [6.45, 7) is 1.83. The van der Waals surface area contributed by atoms with Crippen molar-refractivity contribution in [3.63, 3.8) is 0 Å². The number of ether oxygens (including phenoxy) is 2. The Kier molecular flexibility index (Phi) is 6.95. The largest absolute Gasteiger partial charge is 0.481 e. The lowest BCUT2D eigenvalue weighted by Crippen LogP contribution is -2.17. The monoisotopic (exact) mass is 410 g/mol. The zero-order chi connectivity index (χ0) is 17.4. The number of nitrogens with one attached hydrogen (secondary N) is 1. The highest BCUT2D eigenvalue weighted by atomic mass is 79.9. The van der Waals surface area contributed by atoms with E-state index in [1.165, 1.54) is 17.6 Å².